The molecular formula is C14H27N3O. The molecule has 0 radical (unpaired) electrons. The van der Waals surface area contributed by atoms with Gasteiger partial charge in [-0.2, -0.15) is 0 Å². The van der Waals surface area contributed by atoms with Crippen LogP contribution in [0.1, 0.15) is 33.1 Å². The van der Waals surface area contributed by atoms with E-state index >= 15 is 0 Å². The molecule has 0 spiro atoms. The van der Waals surface area contributed by atoms with Crippen molar-refractivity contribution in [1.29, 1.82) is 0 Å². The molecule has 1 saturated carbocycles. The van der Waals surface area contributed by atoms with E-state index in [-0.39, 0.29) is 5.91 Å². The number of amides is 1. The fourth-order valence-corrected chi connectivity index (χ4v) is 2.88. The summed E-state index contributed by atoms with van der Waals surface area (Å²) in [6, 6.07) is 0.548. The Morgan fingerprint density at radius 2 is 2.11 bits per heavy atom. The van der Waals surface area contributed by atoms with Gasteiger partial charge in [-0.3, -0.25) is 4.79 Å². The standard InChI is InChI=1S/C14H27N3O/c1-3-16-8-7-12(11-16)9-15-10-14(18)17(4-2)13-5-6-13/h12-13,15H,3-11H2,1-2H3. The van der Waals surface area contributed by atoms with Crippen molar-refractivity contribution in [2.75, 3.05) is 39.3 Å². The van der Waals surface area contributed by atoms with Crippen LogP contribution in [-0.2, 0) is 4.79 Å². The van der Waals surface area contributed by atoms with Crippen molar-refractivity contribution < 1.29 is 4.79 Å². The van der Waals surface area contributed by atoms with E-state index in [1.54, 1.807) is 0 Å². The lowest BCUT2D eigenvalue weighted by atomic mass is 10.1. The Morgan fingerprint density at radius 1 is 1.33 bits per heavy atom. The predicted molar refractivity (Wildman–Crippen MR) is 73.5 cm³/mol. The molecular weight excluding hydrogens is 226 g/mol. The highest BCUT2D eigenvalue weighted by Gasteiger charge is 2.31. The van der Waals surface area contributed by atoms with Gasteiger partial charge in [0.1, 0.15) is 0 Å². The van der Waals surface area contributed by atoms with Gasteiger partial charge in [0.2, 0.25) is 5.91 Å². The Kier molecular flexibility index (Phi) is 5.01. The zero-order valence-corrected chi connectivity index (χ0v) is 11.8. The van der Waals surface area contributed by atoms with Gasteiger partial charge in [0, 0.05) is 19.1 Å². The summed E-state index contributed by atoms with van der Waals surface area (Å²) in [5.74, 6) is 1.01. The lowest BCUT2D eigenvalue weighted by Gasteiger charge is -2.21. The monoisotopic (exact) mass is 253 g/mol. The molecule has 4 heteroatoms. The van der Waals surface area contributed by atoms with Crippen LogP contribution in [0.15, 0.2) is 0 Å². The van der Waals surface area contributed by atoms with Gasteiger partial charge in [-0.25, -0.2) is 0 Å². The second kappa shape index (κ2) is 6.53. The number of nitrogens with one attached hydrogen (secondary N) is 1. The molecule has 0 bridgehead atoms. The van der Waals surface area contributed by atoms with Crippen molar-refractivity contribution in [2.45, 2.75) is 39.2 Å². The summed E-state index contributed by atoms with van der Waals surface area (Å²) in [5, 5.41) is 3.35. The Morgan fingerprint density at radius 3 is 2.67 bits per heavy atom. The summed E-state index contributed by atoms with van der Waals surface area (Å²) < 4.78 is 0. The fraction of sp³-hybridized carbons (Fsp3) is 0.929. The number of carbonyl (C=O) groups is 1. The third-order valence-electron chi connectivity index (χ3n) is 4.18. The van der Waals surface area contributed by atoms with Gasteiger partial charge in [-0.1, -0.05) is 6.92 Å². The highest BCUT2D eigenvalue weighted by Crippen LogP contribution is 2.26. The van der Waals surface area contributed by atoms with E-state index in [0.717, 1.165) is 25.6 Å². The maximum absolute atomic E-state index is 12.0. The number of likely N-dealkylation sites (N-methyl/N-ethyl adjacent to an activating group) is 1. The average molecular weight is 253 g/mol. The largest absolute Gasteiger partial charge is 0.339 e. The van der Waals surface area contributed by atoms with Gasteiger partial charge in [0.05, 0.1) is 6.54 Å². The topological polar surface area (TPSA) is 35.6 Å². The highest BCUT2D eigenvalue weighted by atomic mass is 16.2. The van der Waals surface area contributed by atoms with Crippen LogP contribution < -0.4 is 5.32 Å². The van der Waals surface area contributed by atoms with Gasteiger partial charge < -0.3 is 15.1 Å². The second-order valence-corrected chi connectivity index (χ2v) is 5.59. The lowest BCUT2D eigenvalue weighted by Crippen LogP contribution is -2.40. The molecule has 1 amide bonds. The van der Waals surface area contributed by atoms with Crippen molar-refractivity contribution in [3.05, 3.63) is 0 Å². The quantitative estimate of drug-likeness (QED) is 0.733. The van der Waals surface area contributed by atoms with E-state index < -0.39 is 0 Å². The smallest absolute Gasteiger partial charge is 0.236 e. The van der Waals surface area contributed by atoms with Crippen LogP contribution >= 0.6 is 0 Å². The van der Waals surface area contributed by atoms with Crippen LogP contribution in [-0.4, -0.2) is 61.0 Å². The van der Waals surface area contributed by atoms with E-state index in [0.29, 0.717) is 12.6 Å². The summed E-state index contributed by atoms with van der Waals surface area (Å²) in [5.41, 5.74) is 0. The summed E-state index contributed by atoms with van der Waals surface area (Å²) in [4.78, 5) is 16.5. The molecule has 1 aliphatic carbocycles. The van der Waals surface area contributed by atoms with E-state index in [1.165, 1.54) is 32.4 Å². The minimum absolute atomic E-state index is 0.283. The van der Waals surface area contributed by atoms with Crippen LogP contribution in [0, 0.1) is 5.92 Å². The molecule has 2 aliphatic rings. The summed E-state index contributed by atoms with van der Waals surface area (Å²) in [7, 11) is 0. The number of hydrogen-bond donors (Lipinski definition) is 1. The highest BCUT2D eigenvalue weighted by molar-refractivity contribution is 5.78. The van der Waals surface area contributed by atoms with Crippen LogP contribution in [0.5, 0.6) is 0 Å². The van der Waals surface area contributed by atoms with Gasteiger partial charge in [0.25, 0.3) is 0 Å². The number of carbonyl (C=O) groups excluding carboxylic acids is 1. The molecule has 18 heavy (non-hydrogen) atoms. The van der Waals surface area contributed by atoms with Gasteiger partial charge in [-0.05, 0) is 51.7 Å². The van der Waals surface area contributed by atoms with Gasteiger partial charge in [0.15, 0.2) is 0 Å². The van der Waals surface area contributed by atoms with E-state index in [4.69, 9.17) is 0 Å². The van der Waals surface area contributed by atoms with Crippen molar-refractivity contribution >= 4 is 5.91 Å². The summed E-state index contributed by atoms with van der Waals surface area (Å²) in [6.07, 6.45) is 3.68. The van der Waals surface area contributed by atoms with Crippen molar-refractivity contribution in [2.24, 2.45) is 5.92 Å². The summed E-state index contributed by atoms with van der Waals surface area (Å²) >= 11 is 0. The van der Waals surface area contributed by atoms with E-state index in [1.807, 2.05) is 4.90 Å². The molecule has 1 N–H and O–H groups in total. The zero-order chi connectivity index (χ0) is 13.0. The van der Waals surface area contributed by atoms with Crippen molar-refractivity contribution in [3.63, 3.8) is 0 Å². The normalized spacial score (nSPS) is 24.4. The first-order chi connectivity index (χ1) is 8.74. The molecule has 0 aromatic heterocycles. The van der Waals surface area contributed by atoms with Crippen LogP contribution in [0.3, 0.4) is 0 Å². The van der Waals surface area contributed by atoms with Crippen LogP contribution in [0.4, 0.5) is 0 Å². The number of rotatable bonds is 7. The molecule has 2 fully saturated rings. The number of likely N-dealkylation sites (tertiary alicyclic amines) is 1. The van der Waals surface area contributed by atoms with Gasteiger partial charge in [-0.15, -0.1) is 0 Å². The van der Waals surface area contributed by atoms with Gasteiger partial charge >= 0.3 is 0 Å². The first-order valence-electron chi connectivity index (χ1n) is 7.47. The van der Waals surface area contributed by atoms with E-state index in [9.17, 15) is 4.79 Å². The Hall–Kier alpha value is -0.610. The molecule has 2 rings (SSSR count). The molecule has 1 unspecified atom stereocenters. The molecule has 0 aromatic rings. The molecule has 1 aliphatic heterocycles. The zero-order valence-electron chi connectivity index (χ0n) is 11.8. The third-order valence-corrected chi connectivity index (χ3v) is 4.18. The molecule has 1 heterocycles. The molecule has 104 valence electrons. The van der Waals surface area contributed by atoms with Crippen LogP contribution in [0.25, 0.3) is 0 Å². The lowest BCUT2D eigenvalue weighted by molar-refractivity contribution is -0.130. The van der Waals surface area contributed by atoms with Crippen molar-refractivity contribution in [3.8, 4) is 0 Å². The molecule has 1 atom stereocenters. The van der Waals surface area contributed by atoms with Crippen molar-refractivity contribution in [1.82, 2.24) is 15.1 Å². The minimum atomic E-state index is 0.283. The summed E-state index contributed by atoms with van der Waals surface area (Å²) in [6.45, 7) is 10.2. The number of hydrogen-bond acceptors (Lipinski definition) is 3. The maximum atomic E-state index is 12.0. The maximum Gasteiger partial charge on any atom is 0.236 e. The number of nitrogens with zero attached hydrogens (tertiary/aromatic N) is 2. The third kappa shape index (κ3) is 3.69. The Labute approximate surface area is 111 Å². The van der Waals surface area contributed by atoms with Crippen LogP contribution in [0.2, 0.25) is 0 Å². The first kappa shape index (κ1) is 13.8. The first-order valence-corrected chi connectivity index (χ1v) is 7.47. The van der Waals surface area contributed by atoms with E-state index in [2.05, 4.69) is 24.1 Å². The molecule has 0 aromatic carbocycles. The fourth-order valence-electron chi connectivity index (χ4n) is 2.88. The SMILES string of the molecule is CCN1CCC(CNCC(=O)N(CC)C2CC2)C1. The predicted octanol–water partition coefficient (Wildman–Crippen LogP) is 0.929. The average Bonchev–Trinajstić information content (AvgIpc) is 3.09. The Bertz CT molecular complexity index is 278. The second-order valence-electron chi connectivity index (χ2n) is 5.59. The minimum Gasteiger partial charge on any atom is -0.339 e. The molecule has 1 saturated heterocycles. The Balaban J connectivity index is 1.61. The molecule has 4 nitrogen and oxygen atoms in total.